The first-order valence-electron chi connectivity index (χ1n) is 8.16. The number of pyridine rings is 1. The van der Waals surface area contributed by atoms with Gasteiger partial charge in [0.15, 0.2) is 5.65 Å². The fraction of sp³-hybridized carbons (Fsp3) is 0.562. The molecule has 7 heteroatoms. The number of hydrogen-bond acceptors (Lipinski definition) is 4. The van der Waals surface area contributed by atoms with Gasteiger partial charge in [0, 0.05) is 44.2 Å². The van der Waals surface area contributed by atoms with Gasteiger partial charge < -0.3 is 9.80 Å². The number of amides is 1. The maximum Gasteiger partial charge on any atom is 0.231 e. The van der Waals surface area contributed by atoms with Crippen molar-refractivity contribution in [3.05, 3.63) is 24.4 Å². The molecule has 0 bridgehead atoms. The van der Waals surface area contributed by atoms with Gasteiger partial charge in [-0.3, -0.25) is 13.6 Å². The highest BCUT2D eigenvalue weighted by atomic mass is 19.1. The smallest absolute Gasteiger partial charge is 0.231 e. The Bertz CT molecular complexity index is 709. The number of rotatable bonds is 3. The molecule has 1 unspecified atom stereocenters. The third kappa shape index (κ3) is 2.54. The largest absolute Gasteiger partial charge is 0.340 e. The van der Waals surface area contributed by atoms with Crippen LogP contribution in [-0.2, 0) is 4.79 Å². The van der Waals surface area contributed by atoms with Crippen molar-refractivity contribution in [3.63, 3.8) is 0 Å². The molecule has 2 aliphatic heterocycles. The van der Waals surface area contributed by atoms with E-state index in [1.165, 1.54) is 0 Å². The Morgan fingerprint density at radius 2 is 2.04 bits per heavy atom. The Kier molecular flexibility index (Phi) is 3.63. The van der Waals surface area contributed by atoms with Gasteiger partial charge in [0.25, 0.3) is 0 Å². The van der Waals surface area contributed by atoms with E-state index in [0.29, 0.717) is 13.0 Å². The van der Waals surface area contributed by atoms with E-state index in [0.717, 1.165) is 37.5 Å². The molecule has 0 N–H and O–H groups in total. The van der Waals surface area contributed by atoms with Crippen LogP contribution in [0, 0.1) is 5.92 Å². The highest BCUT2D eigenvalue weighted by Gasteiger charge is 2.36. The van der Waals surface area contributed by atoms with Crippen molar-refractivity contribution >= 4 is 17.5 Å². The molecule has 0 spiro atoms. The number of hydrogen-bond donors (Lipinski definition) is 0. The summed E-state index contributed by atoms with van der Waals surface area (Å²) in [7, 11) is 0. The predicted molar refractivity (Wildman–Crippen MR) is 84.0 cm³/mol. The van der Waals surface area contributed by atoms with E-state index in [1.54, 1.807) is 0 Å². The molecule has 1 amide bonds. The average molecular weight is 317 g/mol. The molecule has 0 saturated carbocycles. The van der Waals surface area contributed by atoms with Crippen LogP contribution in [-0.4, -0.2) is 57.8 Å². The van der Waals surface area contributed by atoms with E-state index >= 15 is 0 Å². The summed E-state index contributed by atoms with van der Waals surface area (Å²) in [5.41, 5.74) is 0.838. The average Bonchev–Trinajstić information content (AvgIpc) is 3.18. The van der Waals surface area contributed by atoms with E-state index in [1.807, 2.05) is 33.7 Å². The summed E-state index contributed by atoms with van der Waals surface area (Å²) in [5.74, 6) is 0.855. The standard InChI is InChI=1S/C16H20FN5O/c17-10-12-9-15(23)22(11-12)13-4-7-20(8-5-13)16-19-18-14-3-1-2-6-21(14)16/h1-3,6,12-13H,4-5,7-11H2. The molecule has 1 atom stereocenters. The molecule has 0 aliphatic carbocycles. The molecular formula is C16H20FN5O. The zero-order valence-corrected chi connectivity index (χ0v) is 12.9. The zero-order valence-electron chi connectivity index (χ0n) is 12.9. The summed E-state index contributed by atoms with van der Waals surface area (Å²) in [5, 5.41) is 8.48. The molecule has 0 radical (unpaired) electrons. The van der Waals surface area contributed by atoms with E-state index in [2.05, 4.69) is 15.1 Å². The van der Waals surface area contributed by atoms with E-state index in [4.69, 9.17) is 0 Å². The first-order chi connectivity index (χ1) is 11.3. The number of carbonyl (C=O) groups excluding carboxylic acids is 1. The summed E-state index contributed by atoms with van der Waals surface area (Å²) < 4.78 is 14.8. The lowest BCUT2D eigenvalue weighted by Gasteiger charge is -2.36. The number of carbonyl (C=O) groups is 1. The van der Waals surface area contributed by atoms with Crippen LogP contribution in [0.3, 0.4) is 0 Å². The Balaban J connectivity index is 1.44. The molecule has 2 aromatic heterocycles. The molecule has 122 valence electrons. The molecule has 4 heterocycles. The van der Waals surface area contributed by atoms with Gasteiger partial charge in [0.2, 0.25) is 11.9 Å². The first-order valence-corrected chi connectivity index (χ1v) is 8.16. The quantitative estimate of drug-likeness (QED) is 0.861. The van der Waals surface area contributed by atoms with Crippen molar-refractivity contribution in [1.82, 2.24) is 19.5 Å². The Morgan fingerprint density at radius 3 is 2.78 bits per heavy atom. The second-order valence-electron chi connectivity index (χ2n) is 6.42. The van der Waals surface area contributed by atoms with Crippen LogP contribution in [0.1, 0.15) is 19.3 Å². The molecule has 0 aromatic carbocycles. The minimum Gasteiger partial charge on any atom is -0.340 e. The van der Waals surface area contributed by atoms with Crippen molar-refractivity contribution in [2.45, 2.75) is 25.3 Å². The Morgan fingerprint density at radius 1 is 1.22 bits per heavy atom. The number of nitrogens with zero attached hydrogens (tertiary/aromatic N) is 5. The number of fused-ring (bicyclic) bond motifs is 1. The van der Waals surface area contributed by atoms with Crippen molar-refractivity contribution < 1.29 is 9.18 Å². The van der Waals surface area contributed by atoms with Gasteiger partial charge in [-0.1, -0.05) is 6.07 Å². The predicted octanol–water partition coefficient (Wildman–Crippen LogP) is 1.52. The van der Waals surface area contributed by atoms with Gasteiger partial charge in [-0.2, -0.15) is 0 Å². The second-order valence-corrected chi connectivity index (χ2v) is 6.42. The SMILES string of the molecule is O=C1CC(CF)CN1C1CCN(c2nnc3ccccn23)CC1. The molecule has 4 rings (SSSR count). The molecule has 2 saturated heterocycles. The van der Waals surface area contributed by atoms with E-state index in [9.17, 15) is 9.18 Å². The highest BCUT2D eigenvalue weighted by Crippen LogP contribution is 2.27. The number of alkyl halides is 1. The molecule has 2 fully saturated rings. The highest BCUT2D eigenvalue weighted by molar-refractivity contribution is 5.79. The van der Waals surface area contributed by atoms with Gasteiger partial charge in [0.05, 0.1) is 6.67 Å². The van der Waals surface area contributed by atoms with Crippen LogP contribution in [0.2, 0.25) is 0 Å². The van der Waals surface area contributed by atoms with Crippen LogP contribution < -0.4 is 4.90 Å². The number of halogens is 1. The van der Waals surface area contributed by atoms with Crippen molar-refractivity contribution in [3.8, 4) is 0 Å². The molecule has 2 aromatic rings. The van der Waals surface area contributed by atoms with E-state index in [-0.39, 0.29) is 17.9 Å². The lowest BCUT2D eigenvalue weighted by molar-refractivity contribution is -0.130. The molecule has 23 heavy (non-hydrogen) atoms. The molecular weight excluding hydrogens is 297 g/mol. The van der Waals surface area contributed by atoms with Crippen LogP contribution in [0.4, 0.5) is 10.3 Å². The van der Waals surface area contributed by atoms with Gasteiger partial charge in [-0.05, 0) is 25.0 Å². The number of piperidine rings is 1. The first kappa shape index (κ1) is 14.4. The van der Waals surface area contributed by atoms with Crippen molar-refractivity contribution in [1.29, 1.82) is 0 Å². The monoisotopic (exact) mass is 317 g/mol. The summed E-state index contributed by atoms with van der Waals surface area (Å²) in [6.45, 7) is 1.86. The van der Waals surface area contributed by atoms with Gasteiger partial charge in [-0.15, -0.1) is 10.2 Å². The maximum atomic E-state index is 12.8. The summed E-state index contributed by atoms with van der Waals surface area (Å²) >= 11 is 0. The summed E-state index contributed by atoms with van der Waals surface area (Å²) in [6.07, 6.45) is 4.12. The Hall–Kier alpha value is -2.18. The summed E-state index contributed by atoms with van der Waals surface area (Å²) in [4.78, 5) is 16.2. The third-order valence-corrected chi connectivity index (χ3v) is 4.94. The molecule has 6 nitrogen and oxygen atoms in total. The van der Waals surface area contributed by atoms with Crippen LogP contribution in [0.15, 0.2) is 24.4 Å². The van der Waals surface area contributed by atoms with Gasteiger partial charge in [-0.25, -0.2) is 0 Å². The maximum absolute atomic E-state index is 12.8. The van der Waals surface area contributed by atoms with Crippen LogP contribution in [0.25, 0.3) is 5.65 Å². The molecule has 2 aliphatic rings. The lowest BCUT2D eigenvalue weighted by atomic mass is 10.0. The number of likely N-dealkylation sites (tertiary alicyclic amines) is 1. The Labute approximate surface area is 133 Å². The second kappa shape index (κ2) is 5.79. The minimum absolute atomic E-state index is 0.110. The van der Waals surface area contributed by atoms with E-state index < -0.39 is 6.67 Å². The number of aromatic nitrogens is 3. The summed E-state index contributed by atoms with van der Waals surface area (Å²) in [6, 6.07) is 6.07. The van der Waals surface area contributed by atoms with Gasteiger partial charge >= 0.3 is 0 Å². The van der Waals surface area contributed by atoms with Crippen molar-refractivity contribution in [2.24, 2.45) is 5.92 Å². The zero-order chi connectivity index (χ0) is 15.8. The third-order valence-electron chi connectivity index (χ3n) is 4.94. The van der Waals surface area contributed by atoms with Crippen LogP contribution in [0.5, 0.6) is 0 Å². The topological polar surface area (TPSA) is 53.7 Å². The lowest BCUT2D eigenvalue weighted by Crippen LogP contribution is -2.46. The number of anilines is 1. The van der Waals surface area contributed by atoms with Crippen LogP contribution >= 0.6 is 0 Å². The van der Waals surface area contributed by atoms with Crippen molar-refractivity contribution in [2.75, 3.05) is 31.2 Å². The normalized spacial score (nSPS) is 23.2. The fourth-order valence-corrected chi connectivity index (χ4v) is 3.69. The van der Waals surface area contributed by atoms with Gasteiger partial charge in [0.1, 0.15) is 0 Å². The fourth-order valence-electron chi connectivity index (χ4n) is 3.69. The minimum atomic E-state index is -0.396.